The van der Waals surface area contributed by atoms with Gasteiger partial charge in [0.1, 0.15) is 24.2 Å². The van der Waals surface area contributed by atoms with Crippen LogP contribution in [0.2, 0.25) is 0 Å². The first-order valence-corrected chi connectivity index (χ1v) is 10.1. The zero-order valence-electron chi connectivity index (χ0n) is 18.2. The van der Waals surface area contributed by atoms with Gasteiger partial charge in [0.15, 0.2) is 0 Å². The number of amides is 3. The van der Waals surface area contributed by atoms with E-state index in [4.69, 9.17) is 5.73 Å². The SMILES string of the molecule is CC(C)CC(NC(=O)C(Cc1cnc[nH]1)NC(=O)C(CO)NC(=O)C(N)C(C)O)C(=O)O. The number of nitrogens with zero attached hydrogens (tertiary/aromatic N) is 1. The first kappa shape index (κ1) is 27.0. The smallest absolute Gasteiger partial charge is 0.326 e. The lowest BCUT2D eigenvalue weighted by Crippen LogP contribution is -2.59. The summed E-state index contributed by atoms with van der Waals surface area (Å²) in [6.45, 7) is 4.10. The van der Waals surface area contributed by atoms with Gasteiger partial charge in [-0.2, -0.15) is 0 Å². The quantitative estimate of drug-likeness (QED) is 0.154. The Morgan fingerprint density at radius 3 is 2.06 bits per heavy atom. The molecule has 1 heterocycles. The van der Waals surface area contributed by atoms with Crippen molar-refractivity contribution in [3.63, 3.8) is 0 Å². The largest absolute Gasteiger partial charge is 0.480 e. The molecule has 0 fully saturated rings. The third-order valence-corrected chi connectivity index (χ3v) is 4.57. The van der Waals surface area contributed by atoms with E-state index in [1.807, 2.05) is 0 Å². The van der Waals surface area contributed by atoms with E-state index in [9.17, 15) is 34.5 Å². The first-order valence-electron chi connectivity index (χ1n) is 10.1. The Labute approximate surface area is 185 Å². The van der Waals surface area contributed by atoms with E-state index in [-0.39, 0.29) is 18.8 Å². The Morgan fingerprint density at radius 2 is 1.59 bits per heavy atom. The van der Waals surface area contributed by atoms with Crippen molar-refractivity contribution in [3.8, 4) is 0 Å². The average molecular weight is 457 g/mol. The number of nitrogens with one attached hydrogen (secondary N) is 4. The topological polar surface area (TPSA) is 220 Å². The maximum absolute atomic E-state index is 12.8. The molecule has 0 aliphatic rings. The highest BCUT2D eigenvalue weighted by molar-refractivity contribution is 5.94. The fourth-order valence-corrected chi connectivity index (χ4v) is 2.74. The number of carbonyl (C=O) groups excluding carboxylic acids is 3. The summed E-state index contributed by atoms with van der Waals surface area (Å²) in [5, 5.41) is 35.3. The third-order valence-electron chi connectivity index (χ3n) is 4.57. The number of carboxylic acid groups (broad SMARTS) is 1. The van der Waals surface area contributed by atoms with Gasteiger partial charge in [0.25, 0.3) is 0 Å². The van der Waals surface area contributed by atoms with Crippen molar-refractivity contribution in [2.45, 2.75) is 63.9 Å². The van der Waals surface area contributed by atoms with Crippen molar-refractivity contribution in [2.75, 3.05) is 6.61 Å². The van der Waals surface area contributed by atoms with Crippen LogP contribution in [0, 0.1) is 5.92 Å². The van der Waals surface area contributed by atoms with Crippen LogP contribution in [0.25, 0.3) is 0 Å². The van der Waals surface area contributed by atoms with E-state index in [1.165, 1.54) is 19.4 Å². The van der Waals surface area contributed by atoms with Gasteiger partial charge in [-0.1, -0.05) is 13.8 Å². The van der Waals surface area contributed by atoms with E-state index < -0.39 is 60.6 Å². The lowest BCUT2D eigenvalue weighted by atomic mass is 10.0. The molecule has 1 aromatic rings. The van der Waals surface area contributed by atoms with Gasteiger partial charge < -0.3 is 42.0 Å². The van der Waals surface area contributed by atoms with Gasteiger partial charge in [-0.15, -0.1) is 0 Å². The zero-order valence-corrected chi connectivity index (χ0v) is 18.2. The number of carboxylic acids is 1. The summed E-state index contributed by atoms with van der Waals surface area (Å²) < 4.78 is 0. The number of aliphatic hydroxyl groups excluding tert-OH is 2. The molecular formula is C19H32N6O7. The normalized spacial score (nSPS) is 15.8. The number of aliphatic carboxylic acids is 1. The molecule has 5 atom stereocenters. The maximum Gasteiger partial charge on any atom is 0.326 e. The van der Waals surface area contributed by atoms with Crippen molar-refractivity contribution >= 4 is 23.7 Å². The second-order valence-corrected chi connectivity index (χ2v) is 7.88. The van der Waals surface area contributed by atoms with Gasteiger partial charge in [0.05, 0.1) is 19.0 Å². The molecule has 3 amide bonds. The van der Waals surface area contributed by atoms with Gasteiger partial charge >= 0.3 is 5.97 Å². The molecule has 13 heteroatoms. The molecule has 0 spiro atoms. The molecule has 1 aromatic heterocycles. The number of nitrogens with two attached hydrogens (primary N) is 1. The van der Waals surface area contributed by atoms with Gasteiger partial charge in [-0.25, -0.2) is 9.78 Å². The summed E-state index contributed by atoms with van der Waals surface area (Å²) in [4.78, 5) is 55.6. The molecular weight excluding hydrogens is 424 g/mol. The predicted molar refractivity (Wildman–Crippen MR) is 112 cm³/mol. The van der Waals surface area contributed by atoms with Crippen molar-refractivity contribution in [3.05, 3.63) is 18.2 Å². The minimum atomic E-state index is -1.45. The Hall–Kier alpha value is -3.03. The molecule has 0 saturated heterocycles. The van der Waals surface area contributed by atoms with E-state index in [2.05, 4.69) is 25.9 Å². The predicted octanol–water partition coefficient (Wildman–Crippen LogP) is -2.76. The van der Waals surface area contributed by atoms with E-state index in [0.717, 1.165) is 0 Å². The highest BCUT2D eigenvalue weighted by atomic mass is 16.4. The number of carbonyl (C=O) groups is 4. The van der Waals surface area contributed by atoms with Crippen LogP contribution in [0.5, 0.6) is 0 Å². The molecule has 180 valence electrons. The number of imidazole rings is 1. The standard InChI is InChI=1S/C19H32N6O7/c1-9(2)4-13(19(31)32)24-16(28)12(5-11-6-21-8-22-11)23-17(29)14(7-26)25-18(30)15(20)10(3)27/h6,8-10,12-15,26-27H,4-5,7,20H2,1-3H3,(H,21,22)(H,23,29)(H,24,28)(H,25,30)(H,31,32). The summed E-state index contributed by atoms with van der Waals surface area (Å²) >= 11 is 0. The molecule has 0 aliphatic heterocycles. The third kappa shape index (κ3) is 8.61. The molecule has 5 unspecified atom stereocenters. The molecule has 0 saturated carbocycles. The summed E-state index contributed by atoms with van der Waals surface area (Å²) in [5.74, 6) is -3.75. The second-order valence-electron chi connectivity index (χ2n) is 7.88. The molecule has 9 N–H and O–H groups in total. The van der Waals surface area contributed by atoms with Crippen molar-refractivity contribution < 1.29 is 34.5 Å². The molecule has 32 heavy (non-hydrogen) atoms. The lowest BCUT2D eigenvalue weighted by molar-refractivity contribution is -0.142. The molecule has 0 bridgehead atoms. The van der Waals surface area contributed by atoms with Gasteiger partial charge in [-0.05, 0) is 19.3 Å². The molecule has 0 radical (unpaired) electrons. The summed E-state index contributed by atoms with van der Waals surface area (Å²) in [6, 6.07) is -5.17. The molecule has 0 aliphatic carbocycles. The van der Waals surface area contributed by atoms with Crippen LogP contribution in [0.15, 0.2) is 12.5 Å². The number of H-pyrrole nitrogens is 1. The monoisotopic (exact) mass is 456 g/mol. The fraction of sp³-hybridized carbons (Fsp3) is 0.632. The summed E-state index contributed by atoms with van der Waals surface area (Å²) in [7, 11) is 0. The number of hydrogen-bond donors (Lipinski definition) is 8. The van der Waals surface area contributed by atoms with Gasteiger partial charge in [0.2, 0.25) is 17.7 Å². The van der Waals surface area contributed by atoms with Crippen LogP contribution in [0.3, 0.4) is 0 Å². The van der Waals surface area contributed by atoms with Gasteiger partial charge in [-0.3, -0.25) is 14.4 Å². The number of aliphatic hydroxyl groups is 2. The van der Waals surface area contributed by atoms with E-state index in [0.29, 0.717) is 5.69 Å². The number of aromatic amines is 1. The van der Waals surface area contributed by atoms with E-state index in [1.54, 1.807) is 13.8 Å². The maximum atomic E-state index is 12.8. The second kappa shape index (κ2) is 12.7. The Morgan fingerprint density at radius 1 is 1.03 bits per heavy atom. The van der Waals surface area contributed by atoms with Gasteiger partial charge in [0, 0.05) is 18.3 Å². The van der Waals surface area contributed by atoms with Crippen LogP contribution >= 0.6 is 0 Å². The van der Waals surface area contributed by atoms with Crippen molar-refractivity contribution in [2.24, 2.45) is 11.7 Å². The minimum Gasteiger partial charge on any atom is -0.480 e. The highest BCUT2D eigenvalue weighted by Gasteiger charge is 2.31. The molecule has 13 nitrogen and oxygen atoms in total. The van der Waals surface area contributed by atoms with Crippen LogP contribution in [0.4, 0.5) is 0 Å². The lowest BCUT2D eigenvalue weighted by Gasteiger charge is -2.25. The Bertz CT molecular complexity index is 768. The Kier molecular flexibility index (Phi) is 10.7. The number of rotatable bonds is 13. The highest BCUT2D eigenvalue weighted by Crippen LogP contribution is 2.07. The first-order chi connectivity index (χ1) is 15.0. The summed E-state index contributed by atoms with van der Waals surface area (Å²) in [5.41, 5.74) is 6.01. The van der Waals surface area contributed by atoms with Crippen molar-refractivity contribution in [1.82, 2.24) is 25.9 Å². The van der Waals surface area contributed by atoms with E-state index >= 15 is 0 Å². The van der Waals surface area contributed by atoms with Crippen LogP contribution in [-0.4, -0.2) is 85.9 Å². The van der Waals surface area contributed by atoms with Crippen LogP contribution in [0.1, 0.15) is 32.9 Å². The summed E-state index contributed by atoms with van der Waals surface area (Å²) in [6.07, 6.45) is 1.75. The zero-order chi connectivity index (χ0) is 24.4. The average Bonchev–Trinajstić information content (AvgIpc) is 3.22. The van der Waals surface area contributed by atoms with Crippen LogP contribution < -0.4 is 21.7 Å². The van der Waals surface area contributed by atoms with Crippen LogP contribution in [-0.2, 0) is 25.6 Å². The number of hydrogen-bond acceptors (Lipinski definition) is 8. The minimum absolute atomic E-state index is 0.0100. The molecule has 0 aromatic carbocycles. The Balaban J connectivity index is 2.97. The van der Waals surface area contributed by atoms with Crippen molar-refractivity contribution in [1.29, 1.82) is 0 Å². The number of aromatic nitrogens is 2. The molecule has 1 rings (SSSR count). The fourth-order valence-electron chi connectivity index (χ4n) is 2.74.